The lowest BCUT2D eigenvalue weighted by molar-refractivity contribution is -0.315. The molecule has 4 saturated carbocycles. The summed E-state index contributed by atoms with van der Waals surface area (Å²) in [5, 5.41) is 26.5. The molecule has 0 amide bonds. The monoisotopic (exact) mass is 380 g/mol. The molecule has 3 N–H and O–H groups in total. The molecule has 4 fully saturated rings. The van der Waals surface area contributed by atoms with Crippen molar-refractivity contribution in [3.05, 3.63) is 0 Å². The second-order valence-corrected chi connectivity index (χ2v) is 10.6. The molecule has 27 heavy (non-hydrogen) atoms. The summed E-state index contributed by atoms with van der Waals surface area (Å²) in [4.78, 5) is 0. The third-order valence-corrected chi connectivity index (χ3v) is 7.88. The van der Waals surface area contributed by atoms with Crippen molar-refractivity contribution in [2.75, 3.05) is 0 Å². The topological polar surface area (TPSA) is 60.7 Å². The molecule has 0 heterocycles. The van der Waals surface area contributed by atoms with Crippen LogP contribution in [0.3, 0.4) is 0 Å². The first-order valence-electron chi connectivity index (χ1n) is 12.1. The van der Waals surface area contributed by atoms with Crippen LogP contribution in [-0.2, 0) is 0 Å². The Hall–Kier alpha value is -0.120. The summed E-state index contributed by atoms with van der Waals surface area (Å²) < 4.78 is 0. The average molecular weight is 381 g/mol. The first kappa shape index (κ1) is 21.6. The van der Waals surface area contributed by atoms with Crippen LogP contribution in [0.4, 0.5) is 0 Å². The number of unbranched alkanes of at least 4 members (excludes halogenated alkanes) is 10. The molecule has 4 rings (SSSR count). The van der Waals surface area contributed by atoms with Crippen LogP contribution >= 0.6 is 0 Å². The van der Waals surface area contributed by atoms with E-state index in [9.17, 15) is 0 Å². The normalized spacial score (nSPS) is 32.3. The fraction of sp³-hybridized carbons (Fsp3) is 1.00. The number of aliphatic hydroxyl groups is 3. The van der Waals surface area contributed by atoms with E-state index in [4.69, 9.17) is 15.3 Å². The Morgan fingerprint density at radius 2 is 0.926 bits per heavy atom. The van der Waals surface area contributed by atoms with Crippen molar-refractivity contribution in [3.63, 3.8) is 0 Å². The lowest BCUT2D eigenvalue weighted by Gasteiger charge is -2.57. The standard InChI is InChI=1S/C24H44O3/c25-24(26,27)13-11-9-7-5-3-1-2-4-6-8-10-12-23-17-20-14-21(18-23)16-22(15-20)19-23/h20-22,25-27H,1-19H2. The van der Waals surface area contributed by atoms with Crippen LogP contribution in [-0.4, -0.2) is 21.3 Å². The van der Waals surface area contributed by atoms with Gasteiger partial charge in [-0.05, 0) is 74.5 Å². The molecule has 3 heteroatoms. The van der Waals surface area contributed by atoms with Crippen molar-refractivity contribution in [1.82, 2.24) is 0 Å². The Labute approximate surface area is 166 Å². The Morgan fingerprint density at radius 1 is 0.556 bits per heavy atom. The van der Waals surface area contributed by atoms with Gasteiger partial charge in [-0.3, -0.25) is 0 Å². The average Bonchev–Trinajstić information content (AvgIpc) is 2.57. The molecule has 4 aliphatic rings. The van der Waals surface area contributed by atoms with Gasteiger partial charge in [0.25, 0.3) is 5.97 Å². The quantitative estimate of drug-likeness (QED) is 0.259. The fourth-order valence-corrected chi connectivity index (χ4v) is 7.05. The molecule has 0 radical (unpaired) electrons. The van der Waals surface area contributed by atoms with Crippen molar-refractivity contribution in [2.45, 2.75) is 128 Å². The van der Waals surface area contributed by atoms with E-state index in [2.05, 4.69) is 0 Å². The minimum absolute atomic E-state index is 0.0657. The lowest BCUT2D eigenvalue weighted by Crippen LogP contribution is -2.45. The van der Waals surface area contributed by atoms with Crippen molar-refractivity contribution in [3.8, 4) is 0 Å². The van der Waals surface area contributed by atoms with E-state index in [0.717, 1.165) is 36.0 Å². The second kappa shape index (κ2) is 10.1. The largest absolute Gasteiger partial charge is 0.344 e. The molecule has 0 atom stereocenters. The van der Waals surface area contributed by atoms with Crippen molar-refractivity contribution in [1.29, 1.82) is 0 Å². The summed E-state index contributed by atoms with van der Waals surface area (Å²) in [6, 6.07) is 0. The van der Waals surface area contributed by atoms with E-state index >= 15 is 0 Å². The fourth-order valence-electron chi connectivity index (χ4n) is 7.05. The van der Waals surface area contributed by atoms with E-state index in [1.165, 1.54) is 57.8 Å². The van der Waals surface area contributed by atoms with Gasteiger partial charge in [0.1, 0.15) is 0 Å². The number of hydrogen-bond acceptors (Lipinski definition) is 3. The van der Waals surface area contributed by atoms with Crippen LogP contribution in [0.1, 0.15) is 122 Å². The highest BCUT2D eigenvalue weighted by Crippen LogP contribution is 2.61. The van der Waals surface area contributed by atoms with Gasteiger partial charge in [0.2, 0.25) is 0 Å². The second-order valence-electron chi connectivity index (χ2n) is 10.6. The van der Waals surface area contributed by atoms with Crippen molar-refractivity contribution in [2.24, 2.45) is 23.2 Å². The van der Waals surface area contributed by atoms with Crippen LogP contribution < -0.4 is 0 Å². The maximum Gasteiger partial charge on any atom is 0.275 e. The van der Waals surface area contributed by atoms with Crippen molar-refractivity contribution >= 4 is 0 Å². The molecular weight excluding hydrogens is 336 g/mol. The third kappa shape index (κ3) is 7.33. The molecule has 4 bridgehead atoms. The minimum Gasteiger partial charge on any atom is -0.344 e. The number of hydrogen-bond donors (Lipinski definition) is 3. The number of rotatable bonds is 14. The highest BCUT2D eigenvalue weighted by Gasteiger charge is 2.50. The molecule has 4 aliphatic carbocycles. The molecule has 0 spiro atoms. The van der Waals surface area contributed by atoms with Gasteiger partial charge in [0.05, 0.1) is 0 Å². The van der Waals surface area contributed by atoms with Crippen LogP contribution in [0.15, 0.2) is 0 Å². The molecule has 158 valence electrons. The smallest absolute Gasteiger partial charge is 0.275 e. The van der Waals surface area contributed by atoms with E-state index in [0.29, 0.717) is 6.42 Å². The Balaban J connectivity index is 1.11. The SMILES string of the molecule is OC(O)(O)CCCCCCCCCCCCCC12CC3CC(CC(C3)C1)C2. The maximum atomic E-state index is 8.82. The molecule has 3 nitrogen and oxygen atoms in total. The van der Waals surface area contributed by atoms with Gasteiger partial charge >= 0.3 is 0 Å². The van der Waals surface area contributed by atoms with E-state index in [-0.39, 0.29) is 6.42 Å². The first-order chi connectivity index (χ1) is 12.9. The highest BCUT2D eigenvalue weighted by molar-refractivity contribution is 5.01. The molecule has 0 aliphatic heterocycles. The van der Waals surface area contributed by atoms with E-state index in [1.54, 1.807) is 38.5 Å². The van der Waals surface area contributed by atoms with Gasteiger partial charge in [-0.15, -0.1) is 0 Å². The van der Waals surface area contributed by atoms with Gasteiger partial charge in [-0.2, -0.15) is 0 Å². The Bertz CT molecular complexity index is 391. The Kier molecular flexibility index (Phi) is 8.05. The summed E-state index contributed by atoms with van der Waals surface area (Å²) in [6.07, 6.45) is 24.9. The van der Waals surface area contributed by atoms with E-state index in [1.807, 2.05) is 0 Å². The van der Waals surface area contributed by atoms with Gasteiger partial charge in [-0.25, -0.2) is 0 Å². The van der Waals surface area contributed by atoms with Gasteiger partial charge < -0.3 is 15.3 Å². The van der Waals surface area contributed by atoms with Crippen LogP contribution in [0, 0.1) is 23.2 Å². The first-order valence-corrected chi connectivity index (χ1v) is 12.1. The molecule has 0 aromatic heterocycles. The molecule has 0 aromatic rings. The zero-order chi connectivity index (χ0) is 19.2. The van der Waals surface area contributed by atoms with Crippen LogP contribution in [0.2, 0.25) is 0 Å². The predicted molar refractivity (Wildman–Crippen MR) is 110 cm³/mol. The lowest BCUT2D eigenvalue weighted by atomic mass is 9.48. The molecule has 0 aromatic carbocycles. The van der Waals surface area contributed by atoms with Crippen LogP contribution in [0.25, 0.3) is 0 Å². The minimum atomic E-state index is -2.46. The zero-order valence-corrected chi connectivity index (χ0v) is 17.5. The predicted octanol–water partition coefficient (Wildman–Crippen LogP) is 5.90. The summed E-state index contributed by atoms with van der Waals surface area (Å²) >= 11 is 0. The molecule has 0 unspecified atom stereocenters. The summed E-state index contributed by atoms with van der Waals surface area (Å²) in [5.74, 6) is 0.856. The summed E-state index contributed by atoms with van der Waals surface area (Å²) in [5.41, 5.74) is 0.788. The third-order valence-electron chi connectivity index (χ3n) is 7.88. The van der Waals surface area contributed by atoms with Crippen molar-refractivity contribution < 1.29 is 15.3 Å². The molecule has 0 saturated heterocycles. The maximum absolute atomic E-state index is 8.82. The van der Waals surface area contributed by atoms with Gasteiger partial charge in [-0.1, -0.05) is 64.2 Å². The van der Waals surface area contributed by atoms with Crippen LogP contribution in [0.5, 0.6) is 0 Å². The van der Waals surface area contributed by atoms with Gasteiger partial charge in [0.15, 0.2) is 0 Å². The summed E-state index contributed by atoms with van der Waals surface area (Å²) in [6.45, 7) is 0. The highest BCUT2D eigenvalue weighted by atomic mass is 16.7. The van der Waals surface area contributed by atoms with Gasteiger partial charge in [0, 0.05) is 6.42 Å². The Morgan fingerprint density at radius 3 is 1.33 bits per heavy atom. The zero-order valence-electron chi connectivity index (χ0n) is 17.5. The molecular formula is C24H44O3. The van der Waals surface area contributed by atoms with E-state index < -0.39 is 5.97 Å². The summed E-state index contributed by atoms with van der Waals surface area (Å²) in [7, 11) is 0.